The number of hydrogen-bond donors (Lipinski definition) is 1. The van der Waals surface area contributed by atoms with Gasteiger partial charge >= 0.3 is 5.97 Å². The highest BCUT2D eigenvalue weighted by Gasteiger charge is 2.45. The summed E-state index contributed by atoms with van der Waals surface area (Å²) in [7, 11) is 0. The van der Waals surface area contributed by atoms with Crippen molar-refractivity contribution >= 4 is 5.97 Å². The smallest absolute Gasteiger partial charge is 0.304 e. The van der Waals surface area contributed by atoms with E-state index < -0.39 is 5.97 Å². The number of carbonyl (C=O) groups is 1. The summed E-state index contributed by atoms with van der Waals surface area (Å²) in [6.07, 6.45) is 6.38. The van der Waals surface area contributed by atoms with Crippen molar-refractivity contribution in [1.29, 1.82) is 0 Å². The first-order chi connectivity index (χ1) is 8.68. The summed E-state index contributed by atoms with van der Waals surface area (Å²) in [4.78, 5) is 13.2. The quantitative estimate of drug-likeness (QED) is 0.817. The first-order valence-electron chi connectivity index (χ1n) is 7.21. The molecule has 0 aromatic rings. The molecular formula is C14H25NO3. The van der Waals surface area contributed by atoms with Crippen LogP contribution in [0.5, 0.6) is 0 Å². The molecule has 2 aliphatic rings. The Morgan fingerprint density at radius 1 is 1.39 bits per heavy atom. The highest BCUT2D eigenvalue weighted by atomic mass is 16.5. The van der Waals surface area contributed by atoms with Crippen LogP contribution in [0.2, 0.25) is 0 Å². The van der Waals surface area contributed by atoms with Crippen molar-refractivity contribution in [3.05, 3.63) is 0 Å². The van der Waals surface area contributed by atoms with Crippen molar-refractivity contribution in [2.24, 2.45) is 5.41 Å². The van der Waals surface area contributed by atoms with Crippen LogP contribution in [0.25, 0.3) is 0 Å². The molecule has 0 aromatic carbocycles. The summed E-state index contributed by atoms with van der Waals surface area (Å²) < 4.78 is 5.50. The van der Waals surface area contributed by atoms with Crippen LogP contribution in [0.1, 0.15) is 45.4 Å². The molecule has 1 N–H and O–H groups in total. The Labute approximate surface area is 109 Å². The summed E-state index contributed by atoms with van der Waals surface area (Å²) in [5, 5.41) is 8.86. The minimum absolute atomic E-state index is 0.261. The van der Waals surface area contributed by atoms with Gasteiger partial charge in [-0.15, -0.1) is 0 Å². The molecule has 1 saturated carbocycles. The highest BCUT2D eigenvalue weighted by molar-refractivity contribution is 5.66. The molecule has 1 heterocycles. The second kappa shape index (κ2) is 6.02. The van der Waals surface area contributed by atoms with Gasteiger partial charge in [0, 0.05) is 25.8 Å². The lowest BCUT2D eigenvalue weighted by atomic mass is 9.75. The van der Waals surface area contributed by atoms with Crippen molar-refractivity contribution in [1.82, 2.24) is 4.90 Å². The lowest BCUT2D eigenvalue weighted by Gasteiger charge is -2.44. The van der Waals surface area contributed by atoms with Crippen LogP contribution >= 0.6 is 0 Å². The molecule has 0 radical (unpaired) electrons. The van der Waals surface area contributed by atoms with Gasteiger partial charge in [-0.3, -0.25) is 9.69 Å². The molecule has 1 atom stereocenters. The fourth-order valence-corrected chi connectivity index (χ4v) is 3.82. The Morgan fingerprint density at radius 3 is 2.72 bits per heavy atom. The lowest BCUT2D eigenvalue weighted by Crippen LogP contribution is -2.47. The number of nitrogens with zero attached hydrogens (tertiary/aromatic N) is 1. The van der Waals surface area contributed by atoms with Gasteiger partial charge in [0.05, 0.1) is 6.42 Å². The topological polar surface area (TPSA) is 49.8 Å². The average molecular weight is 255 g/mol. The predicted octanol–water partition coefficient (Wildman–Crippen LogP) is 2.13. The van der Waals surface area contributed by atoms with E-state index in [1.54, 1.807) is 0 Å². The minimum Gasteiger partial charge on any atom is -0.481 e. The van der Waals surface area contributed by atoms with E-state index in [2.05, 4.69) is 11.8 Å². The molecule has 4 heteroatoms. The van der Waals surface area contributed by atoms with Crippen molar-refractivity contribution in [3.8, 4) is 0 Å². The fraction of sp³-hybridized carbons (Fsp3) is 0.929. The second-order valence-electron chi connectivity index (χ2n) is 5.66. The second-order valence-corrected chi connectivity index (χ2v) is 5.66. The number of carboxylic acids is 1. The molecule has 0 aromatic heterocycles. The number of aliphatic carboxylic acids is 1. The Hall–Kier alpha value is -0.610. The third-order valence-electron chi connectivity index (χ3n) is 4.81. The van der Waals surface area contributed by atoms with E-state index in [9.17, 15) is 4.79 Å². The molecule has 1 unspecified atom stereocenters. The van der Waals surface area contributed by atoms with Crippen molar-refractivity contribution in [3.63, 3.8) is 0 Å². The lowest BCUT2D eigenvalue weighted by molar-refractivity contribution is -0.137. The van der Waals surface area contributed by atoms with Gasteiger partial charge in [0.2, 0.25) is 0 Å². The SMILES string of the molecule is CCN(CCC(=O)O)C1CCCC12CCOCC2. The normalized spacial score (nSPS) is 26.9. The standard InChI is InChI=1S/C14H25NO3/c1-2-15(9-5-13(16)17)12-4-3-6-14(12)7-10-18-11-8-14/h12H,2-11H2,1H3,(H,16,17). The highest BCUT2D eigenvalue weighted by Crippen LogP contribution is 2.48. The van der Waals surface area contributed by atoms with Gasteiger partial charge in [0.25, 0.3) is 0 Å². The Balaban J connectivity index is 2.01. The van der Waals surface area contributed by atoms with E-state index in [-0.39, 0.29) is 6.42 Å². The maximum Gasteiger partial charge on any atom is 0.304 e. The van der Waals surface area contributed by atoms with E-state index in [0.717, 1.165) is 32.6 Å². The Kier molecular flexibility index (Phi) is 4.62. The molecule has 1 spiro atoms. The number of rotatable bonds is 5. The largest absolute Gasteiger partial charge is 0.481 e. The molecule has 0 bridgehead atoms. The van der Waals surface area contributed by atoms with E-state index in [4.69, 9.17) is 9.84 Å². The van der Waals surface area contributed by atoms with E-state index in [0.29, 0.717) is 18.0 Å². The summed E-state index contributed by atoms with van der Waals surface area (Å²) in [5.41, 5.74) is 0.409. The van der Waals surface area contributed by atoms with Crippen molar-refractivity contribution in [2.75, 3.05) is 26.3 Å². The summed E-state index contributed by atoms with van der Waals surface area (Å²) >= 11 is 0. The maximum atomic E-state index is 10.8. The van der Waals surface area contributed by atoms with Crippen molar-refractivity contribution in [2.45, 2.75) is 51.5 Å². The summed E-state index contributed by atoms with van der Waals surface area (Å²) in [5.74, 6) is -0.688. The van der Waals surface area contributed by atoms with Crippen LogP contribution in [0.4, 0.5) is 0 Å². The van der Waals surface area contributed by atoms with Gasteiger partial charge in [-0.05, 0) is 37.6 Å². The van der Waals surface area contributed by atoms with Gasteiger partial charge in [-0.1, -0.05) is 13.3 Å². The zero-order valence-electron chi connectivity index (χ0n) is 11.4. The van der Waals surface area contributed by atoms with Gasteiger partial charge in [-0.25, -0.2) is 0 Å². The maximum absolute atomic E-state index is 10.8. The first kappa shape index (κ1) is 13.8. The summed E-state index contributed by atoms with van der Waals surface area (Å²) in [6.45, 7) is 5.56. The number of hydrogen-bond acceptors (Lipinski definition) is 3. The van der Waals surface area contributed by atoms with Gasteiger partial charge < -0.3 is 9.84 Å². The molecule has 2 rings (SSSR count). The molecule has 104 valence electrons. The minimum atomic E-state index is -0.688. The summed E-state index contributed by atoms with van der Waals surface area (Å²) in [6, 6.07) is 0.575. The molecule has 0 amide bonds. The van der Waals surface area contributed by atoms with Crippen LogP contribution in [-0.2, 0) is 9.53 Å². The van der Waals surface area contributed by atoms with E-state index in [1.165, 1.54) is 19.3 Å². The molecular weight excluding hydrogens is 230 g/mol. The van der Waals surface area contributed by atoms with Crippen LogP contribution < -0.4 is 0 Å². The molecule has 18 heavy (non-hydrogen) atoms. The molecule has 2 fully saturated rings. The predicted molar refractivity (Wildman–Crippen MR) is 69.6 cm³/mol. The molecule has 1 aliphatic heterocycles. The van der Waals surface area contributed by atoms with Crippen LogP contribution in [0, 0.1) is 5.41 Å². The Bertz CT molecular complexity index is 287. The third-order valence-corrected chi connectivity index (χ3v) is 4.81. The van der Waals surface area contributed by atoms with Gasteiger partial charge in [-0.2, -0.15) is 0 Å². The fourth-order valence-electron chi connectivity index (χ4n) is 3.82. The van der Waals surface area contributed by atoms with E-state index in [1.807, 2.05) is 0 Å². The van der Waals surface area contributed by atoms with Gasteiger partial charge in [0.15, 0.2) is 0 Å². The zero-order valence-corrected chi connectivity index (χ0v) is 11.4. The Morgan fingerprint density at radius 2 is 2.11 bits per heavy atom. The first-order valence-corrected chi connectivity index (χ1v) is 7.21. The average Bonchev–Trinajstić information content (AvgIpc) is 2.74. The van der Waals surface area contributed by atoms with Crippen LogP contribution in [-0.4, -0.2) is 48.3 Å². The van der Waals surface area contributed by atoms with Crippen LogP contribution in [0.3, 0.4) is 0 Å². The number of ether oxygens (including phenoxy) is 1. The van der Waals surface area contributed by atoms with Gasteiger partial charge in [0.1, 0.15) is 0 Å². The zero-order chi connectivity index (χ0) is 13.0. The van der Waals surface area contributed by atoms with E-state index >= 15 is 0 Å². The molecule has 1 saturated heterocycles. The number of carboxylic acid groups (broad SMARTS) is 1. The monoisotopic (exact) mass is 255 g/mol. The van der Waals surface area contributed by atoms with Crippen LogP contribution in [0.15, 0.2) is 0 Å². The molecule has 1 aliphatic carbocycles. The molecule has 4 nitrogen and oxygen atoms in total. The third kappa shape index (κ3) is 2.86. The van der Waals surface area contributed by atoms with Crippen molar-refractivity contribution < 1.29 is 14.6 Å².